The van der Waals surface area contributed by atoms with E-state index in [1.807, 2.05) is 6.92 Å². The van der Waals surface area contributed by atoms with Crippen molar-refractivity contribution in [3.63, 3.8) is 0 Å². The van der Waals surface area contributed by atoms with Crippen LogP contribution >= 0.6 is 15.9 Å². The standard InChI is InChI=1S/C7H9BrFN/c1-7(8)3-2-5(9)4-6(7)10/h2-4,6H,10H2,1H3. The summed E-state index contributed by atoms with van der Waals surface area (Å²) in [5.74, 6) is -0.260. The van der Waals surface area contributed by atoms with Gasteiger partial charge >= 0.3 is 0 Å². The number of rotatable bonds is 0. The predicted octanol–water partition coefficient (Wildman–Crippen LogP) is 1.89. The Morgan fingerprint density at radius 3 is 2.80 bits per heavy atom. The van der Waals surface area contributed by atoms with Crippen LogP contribution in [0.15, 0.2) is 24.1 Å². The van der Waals surface area contributed by atoms with Crippen LogP contribution in [0.3, 0.4) is 0 Å². The molecule has 0 aromatic rings. The highest BCUT2D eigenvalue weighted by atomic mass is 79.9. The second-order valence-electron chi connectivity index (χ2n) is 2.56. The lowest BCUT2D eigenvalue weighted by Gasteiger charge is -2.25. The molecular weight excluding hydrogens is 197 g/mol. The van der Waals surface area contributed by atoms with Gasteiger partial charge in [-0.3, -0.25) is 0 Å². The molecule has 0 saturated carbocycles. The van der Waals surface area contributed by atoms with Gasteiger partial charge in [0.1, 0.15) is 5.83 Å². The molecule has 2 atom stereocenters. The van der Waals surface area contributed by atoms with Crippen molar-refractivity contribution in [2.45, 2.75) is 17.3 Å². The van der Waals surface area contributed by atoms with Gasteiger partial charge in [-0.1, -0.05) is 22.0 Å². The first-order valence-electron chi connectivity index (χ1n) is 3.03. The van der Waals surface area contributed by atoms with Crippen LogP contribution in [0.2, 0.25) is 0 Å². The van der Waals surface area contributed by atoms with Gasteiger partial charge in [0.15, 0.2) is 0 Å². The first kappa shape index (κ1) is 7.95. The van der Waals surface area contributed by atoms with E-state index in [0.29, 0.717) is 0 Å². The smallest absolute Gasteiger partial charge is 0.120 e. The molecule has 0 aliphatic heterocycles. The highest BCUT2D eigenvalue weighted by molar-refractivity contribution is 9.10. The summed E-state index contributed by atoms with van der Waals surface area (Å²) in [7, 11) is 0. The zero-order valence-electron chi connectivity index (χ0n) is 5.64. The Labute approximate surface area is 67.9 Å². The number of nitrogens with two attached hydrogens (primary N) is 1. The number of hydrogen-bond acceptors (Lipinski definition) is 1. The second kappa shape index (κ2) is 2.47. The molecule has 0 spiro atoms. The van der Waals surface area contributed by atoms with E-state index in [0.717, 1.165) is 0 Å². The largest absolute Gasteiger partial charge is 0.323 e. The van der Waals surface area contributed by atoms with Gasteiger partial charge in [0, 0.05) is 6.04 Å². The molecule has 0 amide bonds. The third-order valence-corrected chi connectivity index (χ3v) is 2.35. The summed E-state index contributed by atoms with van der Waals surface area (Å²) in [5.41, 5.74) is 5.59. The average Bonchev–Trinajstić information content (AvgIpc) is 1.81. The lowest BCUT2D eigenvalue weighted by molar-refractivity contribution is 0.606. The minimum atomic E-state index is -0.289. The van der Waals surface area contributed by atoms with Crippen LogP contribution < -0.4 is 5.73 Å². The van der Waals surface area contributed by atoms with Gasteiger partial charge < -0.3 is 5.73 Å². The first-order valence-corrected chi connectivity index (χ1v) is 3.83. The van der Waals surface area contributed by atoms with Crippen molar-refractivity contribution in [1.29, 1.82) is 0 Å². The van der Waals surface area contributed by atoms with Crippen LogP contribution in [0.5, 0.6) is 0 Å². The van der Waals surface area contributed by atoms with Gasteiger partial charge in [-0.25, -0.2) is 4.39 Å². The van der Waals surface area contributed by atoms with Gasteiger partial charge in [0.2, 0.25) is 0 Å². The fourth-order valence-corrected chi connectivity index (χ4v) is 1.01. The second-order valence-corrected chi connectivity index (χ2v) is 4.27. The molecule has 2 N–H and O–H groups in total. The summed E-state index contributed by atoms with van der Waals surface area (Å²) in [6, 6.07) is -0.280. The third-order valence-electron chi connectivity index (χ3n) is 1.56. The van der Waals surface area contributed by atoms with E-state index in [9.17, 15) is 4.39 Å². The van der Waals surface area contributed by atoms with Crippen molar-refractivity contribution in [2.24, 2.45) is 5.73 Å². The van der Waals surface area contributed by atoms with Crippen LogP contribution in [-0.2, 0) is 0 Å². The van der Waals surface area contributed by atoms with Gasteiger partial charge in [-0.2, -0.15) is 0 Å². The molecule has 0 saturated heterocycles. The molecule has 10 heavy (non-hydrogen) atoms. The van der Waals surface area contributed by atoms with E-state index < -0.39 is 0 Å². The Morgan fingerprint density at radius 1 is 1.80 bits per heavy atom. The summed E-state index contributed by atoms with van der Waals surface area (Å²) in [6.07, 6.45) is 4.53. The fraction of sp³-hybridized carbons (Fsp3) is 0.429. The normalized spacial score (nSPS) is 39.6. The lowest BCUT2D eigenvalue weighted by atomic mass is 9.97. The summed E-state index contributed by atoms with van der Waals surface area (Å²) < 4.78 is 12.2. The van der Waals surface area contributed by atoms with Crippen molar-refractivity contribution < 1.29 is 4.39 Å². The van der Waals surface area contributed by atoms with Crippen LogP contribution in [0, 0.1) is 0 Å². The minimum Gasteiger partial charge on any atom is -0.323 e. The van der Waals surface area contributed by atoms with Gasteiger partial charge in [0.05, 0.1) is 4.32 Å². The maximum Gasteiger partial charge on any atom is 0.120 e. The van der Waals surface area contributed by atoms with Crippen LogP contribution in [0.4, 0.5) is 4.39 Å². The fourth-order valence-electron chi connectivity index (χ4n) is 0.744. The number of allylic oxidation sites excluding steroid dienone is 2. The topological polar surface area (TPSA) is 26.0 Å². The molecule has 1 aliphatic carbocycles. The van der Waals surface area contributed by atoms with E-state index >= 15 is 0 Å². The molecule has 1 aliphatic rings. The zero-order chi connectivity index (χ0) is 7.78. The number of hydrogen-bond donors (Lipinski definition) is 1. The van der Waals surface area contributed by atoms with Crippen LogP contribution in [-0.4, -0.2) is 10.4 Å². The predicted molar refractivity (Wildman–Crippen MR) is 43.6 cm³/mol. The zero-order valence-corrected chi connectivity index (χ0v) is 7.23. The van der Waals surface area contributed by atoms with Crippen molar-refractivity contribution in [1.82, 2.24) is 0 Å². The van der Waals surface area contributed by atoms with Crippen LogP contribution in [0.1, 0.15) is 6.92 Å². The molecule has 3 heteroatoms. The molecule has 0 radical (unpaired) electrons. The quantitative estimate of drug-likeness (QED) is 0.601. The third kappa shape index (κ3) is 1.47. The summed E-state index contributed by atoms with van der Waals surface area (Å²) in [5, 5.41) is 0. The molecule has 1 rings (SSSR count). The number of alkyl halides is 1. The van der Waals surface area contributed by atoms with E-state index in [4.69, 9.17) is 5.73 Å². The summed E-state index contributed by atoms with van der Waals surface area (Å²) in [4.78, 5) is 0. The SMILES string of the molecule is CC1(Br)C=CC(F)=CC1N. The molecule has 56 valence electrons. The molecule has 0 aromatic heterocycles. The minimum absolute atomic E-state index is 0.260. The van der Waals surface area contributed by atoms with E-state index in [1.54, 1.807) is 6.08 Å². The summed E-state index contributed by atoms with van der Waals surface area (Å²) >= 11 is 3.36. The van der Waals surface area contributed by atoms with E-state index in [-0.39, 0.29) is 16.2 Å². The molecule has 0 bridgehead atoms. The van der Waals surface area contributed by atoms with E-state index in [1.165, 1.54) is 12.2 Å². The Kier molecular flexibility index (Phi) is 1.97. The maximum atomic E-state index is 12.5. The van der Waals surface area contributed by atoms with Gasteiger partial charge in [0.25, 0.3) is 0 Å². The maximum absolute atomic E-state index is 12.5. The monoisotopic (exact) mass is 205 g/mol. The Balaban J connectivity index is 2.84. The van der Waals surface area contributed by atoms with Crippen molar-refractivity contribution in [3.8, 4) is 0 Å². The lowest BCUT2D eigenvalue weighted by Crippen LogP contribution is -2.38. The highest BCUT2D eigenvalue weighted by Crippen LogP contribution is 2.28. The van der Waals surface area contributed by atoms with Crippen molar-refractivity contribution in [3.05, 3.63) is 24.1 Å². The van der Waals surface area contributed by atoms with E-state index in [2.05, 4.69) is 15.9 Å². The van der Waals surface area contributed by atoms with Crippen molar-refractivity contribution in [2.75, 3.05) is 0 Å². The highest BCUT2D eigenvalue weighted by Gasteiger charge is 2.26. The molecule has 0 heterocycles. The molecular formula is C7H9BrFN. The summed E-state index contributed by atoms with van der Waals surface area (Å²) in [6.45, 7) is 1.90. The molecule has 2 unspecified atom stereocenters. The Bertz CT molecular complexity index is 196. The average molecular weight is 206 g/mol. The van der Waals surface area contributed by atoms with Crippen LogP contribution in [0.25, 0.3) is 0 Å². The molecule has 1 nitrogen and oxygen atoms in total. The van der Waals surface area contributed by atoms with Gasteiger partial charge in [-0.15, -0.1) is 0 Å². The molecule has 0 aromatic carbocycles. The number of halogens is 2. The molecule has 0 fully saturated rings. The first-order chi connectivity index (χ1) is 4.52. The Morgan fingerprint density at radius 2 is 2.40 bits per heavy atom. The Hall–Kier alpha value is -0.150. The van der Waals surface area contributed by atoms with Crippen molar-refractivity contribution >= 4 is 15.9 Å². The van der Waals surface area contributed by atoms with Gasteiger partial charge in [-0.05, 0) is 19.1 Å².